The Hall–Kier alpha value is -4.11. The van der Waals surface area contributed by atoms with E-state index in [1.807, 2.05) is 24.3 Å². The highest BCUT2D eigenvalue weighted by molar-refractivity contribution is 5.83. The molecule has 3 aliphatic carbocycles. The fourth-order valence-corrected chi connectivity index (χ4v) is 10.7. The van der Waals surface area contributed by atoms with Gasteiger partial charge in [0.05, 0.1) is 13.2 Å². The summed E-state index contributed by atoms with van der Waals surface area (Å²) >= 11 is 0. The van der Waals surface area contributed by atoms with E-state index in [0.717, 1.165) is 103 Å². The van der Waals surface area contributed by atoms with Crippen LogP contribution in [0.25, 0.3) is 11.1 Å². The summed E-state index contributed by atoms with van der Waals surface area (Å²) < 4.78 is 19.8. The van der Waals surface area contributed by atoms with E-state index in [9.17, 15) is 15.3 Å². The molecule has 9 heteroatoms. The van der Waals surface area contributed by atoms with E-state index in [2.05, 4.69) is 31.8 Å². The van der Waals surface area contributed by atoms with Gasteiger partial charge in [-0.05, 0) is 127 Å². The first-order chi connectivity index (χ1) is 26.5. The molecule has 4 aliphatic rings. The number of phenols is 2. The SMILES string of the molecule is CCCCC[C@@H]1Cc2cc(O)c(CC(C)C)cc2-c2c(OC)cc3c(c21)C[C@@H](O)[C@H](c1ccc(O)c(O[C@H]2CCCC4(CCCC4)[C@@H]2CCN=C(N)N)c1)O3. The molecule has 2 fully saturated rings. The number of aliphatic hydroxyl groups excluding tert-OH is 1. The van der Waals surface area contributed by atoms with Gasteiger partial charge >= 0.3 is 0 Å². The Morgan fingerprint density at radius 3 is 2.47 bits per heavy atom. The van der Waals surface area contributed by atoms with Crippen molar-refractivity contribution < 1.29 is 29.5 Å². The summed E-state index contributed by atoms with van der Waals surface area (Å²) in [5.74, 6) is 3.31. The Morgan fingerprint density at radius 1 is 0.964 bits per heavy atom. The highest BCUT2D eigenvalue weighted by atomic mass is 16.5. The third-order valence-electron chi connectivity index (χ3n) is 13.2. The van der Waals surface area contributed by atoms with Crippen molar-refractivity contribution in [2.24, 2.45) is 33.7 Å². The van der Waals surface area contributed by atoms with E-state index in [1.54, 1.807) is 13.2 Å². The van der Waals surface area contributed by atoms with Gasteiger partial charge in [0.2, 0.25) is 0 Å². The number of nitrogens with two attached hydrogens (primary N) is 2. The summed E-state index contributed by atoms with van der Waals surface area (Å²) in [7, 11) is 1.71. The van der Waals surface area contributed by atoms with Crippen LogP contribution in [-0.2, 0) is 19.3 Å². The lowest BCUT2D eigenvalue weighted by atomic mass is 9.62. The molecule has 1 aliphatic heterocycles. The van der Waals surface area contributed by atoms with Crippen molar-refractivity contribution in [1.82, 2.24) is 0 Å². The van der Waals surface area contributed by atoms with Gasteiger partial charge in [0, 0.05) is 36.1 Å². The highest BCUT2D eigenvalue weighted by Gasteiger charge is 2.48. The maximum Gasteiger partial charge on any atom is 0.185 e. The second kappa shape index (κ2) is 16.5. The number of aromatic hydroxyl groups is 2. The van der Waals surface area contributed by atoms with Gasteiger partial charge in [-0.1, -0.05) is 58.9 Å². The summed E-state index contributed by atoms with van der Waals surface area (Å²) in [4.78, 5) is 4.33. The molecule has 0 bridgehead atoms. The Kier molecular flexibility index (Phi) is 11.8. The van der Waals surface area contributed by atoms with Crippen LogP contribution in [0.4, 0.5) is 0 Å². The van der Waals surface area contributed by atoms with Gasteiger partial charge in [-0.2, -0.15) is 0 Å². The van der Waals surface area contributed by atoms with Crippen molar-refractivity contribution in [3.05, 3.63) is 64.2 Å². The van der Waals surface area contributed by atoms with Crippen LogP contribution in [-0.4, -0.2) is 47.1 Å². The zero-order valence-electron chi connectivity index (χ0n) is 33.4. The molecular formula is C46H63N3O6. The summed E-state index contributed by atoms with van der Waals surface area (Å²) in [5.41, 5.74) is 18.9. The summed E-state index contributed by atoms with van der Waals surface area (Å²) in [5, 5.41) is 34.2. The summed E-state index contributed by atoms with van der Waals surface area (Å²) in [6, 6.07) is 11.5. The predicted molar refractivity (Wildman–Crippen MR) is 218 cm³/mol. The molecule has 7 rings (SSSR count). The molecule has 0 amide bonds. The van der Waals surface area contributed by atoms with Gasteiger partial charge in [0.1, 0.15) is 29.5 Å². The maximum absolute atomic E-state index is 12.0. The smallest absolute Gasteiger partial charge is 0.185 e. The Labute approximate surface area is 327 Å². The van der Waals surface area contributed by atoms with E-state index in [4.69, 9.17) is 25.7 Å². The van der Waals surface area contributed by atoms with Gasteiger partial charge in [-0.3, -0.25) is 4.99 Å². The van der Waals surface area contributed by atoms with Crippen molar-refractivity contribution in [1.29, 1.82) is 0 Å². The minimum absolute atomic E-state index is 0.0774. The lowest BCUT2D eigenvalue weighted by Crippen LogP contribution is -2.44. The van der Waals surface area contributed by atoms with Crippen molar-refractivity contribution in [2.75, 3.05) is 13.7 Å². The number of aliphatic hydroxyl groups is 1. The van der Waals surface area contributed by atoms with Gasteiger partial charge in [-0.25, -0.2) is 0 Å². The Morgan fingerprint density at radius 2 is 1.75 bits per heavy atom. The molecule has 3 aromatic carbocycles. The first kappa shape index (κ1) is 39.1. The molecule has 9 nitrogen and oxygen atoms in total. The molecule has 1 heterocycles. The monoisotopic (exact) mass is 753 g/mol. The summed E-state index contributed by atoms with van der Waals surface area (Å²) in [6.07, 6.45) is 13.7. The third-order valence-corrected chi connectivity index (χ3v) is 13.2. The summed E-state index contributed by atoms with van der Waals surface area (Å²) in [6.45, 7) is 7.12. The van der Waals surface area contributed by atoms with Crippen molar-refractivity contribution in [2.45, 2.75) is 141 Å². The van der Waals surface area contributed by atoms with Gasteiger partial charge in [-0.15, -0.1) is 0 Å². The van der Waals surface area contributed by atoms with Crippen molar-refractivity contribution in [3.8, 4) is 39.9 Å². The molecule has 0 unspecified atom stereocenters. The molecule has 0 saturated heterocycles. The van der Waals surface area contributed by atoms with E-state index >= 15 is 0 Å². The minimum atomic E-state index is -0.819. The minimum Gasteiger partial charge on any atom is -0.508 e. The number of unbranched alkanes of at least 4 members (excludes halogenated alkanes) is 2. The van der Waals surface area contributed by atoms with E-state index in [0.29, 0.717) is 30.4 Å². The average molecular weight is 754 g/mol. The van der Waals surface area contributed by atoms with Crippen LogP contribution in [0.15, 0.2) is 41.4 Å². The van der Waals surface area contributed by atoms with E-state index in [1.165, 1.54) is 37.7 Å². The topological polar surface area (TPSA) is 153 Å². The molecule has 0 radical (unpaired) electrons. The number of benzene rings is 3. The zero-order chi connectivity index (χ0) is 38.9. The molecule has 1 spiro atoms. The van der Waals surface area contributed by atoms with E-state index in [-0.39, 0.29) is 35.1 Å². The van der Waals surface area contributed by atoms with Crippen LogP contribution >= 0.6 is 0 Å². The molecule has 55 heavy (non-hydrogen) atoms. The quantitative estimate of drug-likeness (QED) is 0.0659. The Bertz CT molecular complexity index is 1860. The van der Waals surface area contributed by atoms with Crippen LogP contribution in [0.1, 0.15) is 138 Å². The number of hydrogen-bond donors (Lipinski definition) is 5. The fourth-order valence-electron chi connectivity index (χ4n) is 10.7. The fraction of sp³-hybridized carbons (Fsp3) is 0.587. The van der Waals surface area contributed by atoms with Gasteiger partial charge in [0.25, 0.3) is 0 Å². The first-order valence-electron chi connectivity index (χ1n) is 21.0. The van der Waals surface area contributed by atoms with Gasteiger partial charge < -0.3 is 41.0 Å². The second-order valence-corrected chi connectivity index (χ2v) is 17.3. The van der Waals surface area contributed by atoms with Crippen molar-refractivity contribution >= 4 is 5.96 Å². The third kappa shape index (κ3) is 7.96. The average Bonchev–Trinajstić information content (AvgIpc) is 3.62. The number of rotatable bonds is 13. The van der Waals surface area contributed by atoms with Crippen LogP contribution in [0.2, 0.25) is 0 Å². The van der Waals surface area contributed by atoms with Crippen LogP contribution < -0.4 is 25.7 Å². The molecule has 2 saturated carbocycles. The van der Waals surface area contributed by atoms with Crippen LogP contribution in [0.3, 0.4) is 0 Å². The molecular weight excluding hydrogens is 691 g/mol. The van der Waals surface area contributed by atoms with E-state index < -0.39 is 12.2 Å². The highest BCUT2D eigenvalue weighted by Crippen LogP contribution is 2.56. The lowest BCUT2D eigenvalue weighted by Gasteiger charge is -2.46. The number of nitrogens with zero attached hydrogens (tertiary/aromatic N) is 1. The van der Waals surface area contributed by atoms with Crippen LogP contribution in [0, 0.1) is 17.3 Å². The number of guanidine groups is 1. The van der Waals surface area contributed by atoms with Crippen LogP contribution in [0.5, 0.6) is 28.7 Å². The number of phenolic OH excluding ortho intramolecular Hbond substituents is 2. The number of aliphatic imine (C=N–C) groups is 1. The number of hydrogen-bond acceptors (Lipinski definition) is 7. The molecule has 0 aromatic heterocycles. The molecule has 7 N–H and O–H groups in total. The number of ether oxygens (including phenoxy) is 3. The largest absolute Gasteiger partial charge is 0.508 e. The first-order valence-corrected chi connectivity index (χ1v) is 21.0. The standard InChI is InChI=1S/C46H63N3O6/c1-5-6-7-11-28-21-30-23-36(51)31(20-27(2)3)22-32(30)43-41(53-4)26-39-33(42(28)43)25-37(52)44(55-39)29-13-14-35(50)40(24-29)54-38-12-10-18-46(16-8-9-17-46)34(38)15-19-49-45(47)48/h13-14,22-24,26-28,34,37-38,44,50-52H,5-12,15-21,25H2,1-4H3,(H4,47,48,49)/t28-,34-,37-,38+,44+/m1/s1. The maximum atomic E-state index is 12.0. The number of methoxy groups -OCH3 is 1. The normalized spacial score (nSPS) is 23.8. The lowest BCUT2D eigenvalue weighted by molar-refractivity contribution is -0.0148. The number of fused-ring (bicyclic) bond motifs is 5. The second-order valence-electron chi connectivity index (χ2n) is 17.3. The van der Waals surface area contributed by atoms with Crippen molar-refractivity contribution in [3.63, 3.8) is 0 Å². The molecule has 298 valence electrons. The molecule has 5 atom stereocenters. The Balaban J connectivity index is 1.22. The van der Waals surface area contributed by atoms with Gasteiger partial charge in [0.15, 0.2) is 17.5 Å². The predicted octanol–water partition coefficient (Wildman–Crippen LogP) is 9.00. The zero-order valence-corrected chi connectivity index (χ0v) is 33.4. The molecule has 3 aromatic rings.